The topological polar surface area (TPSA) is 12.0 Å². The molecule has 1 aromatic carbocycles. The molecule has 3 unspecified atom stereocenters. The largest absolute Gasteiger partial charge is 0.307 e. The van der Waals surface area contributed by atoms with Gasteiger partial charge in [0.1, 0.15) is 11.6 Å². The third-order valence-corrected chi connectivity index (χ3v) is 4.73. The maximum Gasteiger partial charge on any atom is 0.130 e. The summed E-state index contributed by atoms with van der Waals surface area (Å²) in [6, 6.07) is 4.12. The Balaban J connectivity index is 2.02. The number of benzene rings is 1. The highest BCUT2D eigenvalue weighted by molar-refractivity contribution is 7.99. The van der Waals surface area contributed by atoms with Crippen LogP contribution in [0.2, 0.25) is 0 Å². The van der Waals surface area contributed by atoms with E-state index in [1.54, 1.807) is 0 Å². The molecule has 1 aliphatic carbocycles. The van der Waals surface area contributed by atoms with Gasteiger partial charge in [0.25, 0.3) is 0 Å². The van der Waals surface area contributed by atoms with Gasteiger partial charge in [0.15, 0.2) is 0 Å². The minimum atomic E-state index is -0.464. The van der Waals surface area contributed by atoms with E-state index < -0.39 is 11.6 Å². The Kier molecular flexibility index (Phi) is 4.62. The zero-order valence-electron chi connectivity index (χ0n) is 10.7. The lowest BCUT2D eigenvalue weighted by Crippen LogP contribution is -2.30. The third kappa shape index (κ3) is 3.04. The summed E-state index contributed by atoms with van der Waals surface area (Å²) in [7, 11) is 0. The molecule has 0 heterocycles. The second kappa shape index (κ2) is 6.02. The van der Waals surface area contributed by atoms with E-state index in [-0.39, 0.29) is 11.6 Å². The first-order chi connectivity index (χ1) is 8.61. The molecular weight excluding hydrogens is 252 g/mol. The Morgan fingerprint density at radius 1 is 1.28 bits per heavy atom. The van der Waals surface area contributed by atoms with Crippen molar-refractivity contribution < 1.29 is 8.78 Å². The molecule has 3 atom stereocenters. The molecule has 0 bridgehead atoms. The van der Waals surface area contributed by atoms with Gasteiger partial charge >= 0.3 is 0 Å². The Morgan fingerprint density at radius 3 is 2.50 bits per heavy atom. The van der Waals surface area contributed by atoms with E-state index >= 15 is 0 Å². The van der Waals surface area contributed by atoms with Crippen LogP contribution in [0.5, 0.6) is 0 Å². The van der Waals surface area contributed by atoms with Crippen LogP contribution in [0.3, 0.4) is 0 Å². The summed E-state index contributed by atoms with van der Waals surface area (Å²) in [6.07, 6.45) is 5.48. The molecule has 100 valence electrons. The molecule has 1 aromatic rings. The maximum atomic E-state index is 13.6. The summed E-state index contributed by atoms with van der Waals surface area (Å²) in [4.78, 5) is 0. The summed E-state index contributed by atoms with van der Waals surface area (Å²) >= 11 is 1.88. The molecule has 4 heteroatoms. The number of rotatable bonds is 4. The average Bonchev–Trinajstić information content (AvgIpc) is 2.76. The first kappa shape index (κ1) is 13.8. The molecule has 1 N–H and O–H groups in total. The highest BCUT2D eigenvalue weighted by Crippen LogP contribution is 2.30. The maximum absolute atomic E-state index is 13.6. The zero-order valence-corrected chi connectivity index (χ0v) is 11.6. The second-order valence-corrected chi connectivity index (χ2v) is 6.03. The minimum Gasteiger partial charge on any atom is -0.307 e. The molecule has 0 amide bonds. The number of nitrogens with one attached hydrogen (secondary N) is 1. The van der Waals surface area contributed by atoms with Gasteiger partial charge in [0.05, 0.1) is 0 Å². The predicted molar refractivity (Wildman–Crippen MR) is 72.9 cm³/mol. The van der Waals surface area contributed by atoms with Gasteiger partial charge < -0.3 is 5.32 Å². The van der Waals surface area contributed by atoms with Gasteiger partial charge in [0.2, 0.25) is 0 Å². The lowest BCUT2D eigenvalue weighted by Gasteiger charge is -2.20. The lowest BCUT2D eigenvalue weighted by molar-refractivity contribution is 0.430. The van der Waals surface area contributed by atoms with Gasteiger partial charge in [-0.15, -0.1) is 0 Å². The standard InChI is InChI=1S/C14H19F2NS/c1-9(14-12(15)4-3-5-13(14)16)17-10-6-7-11(8-10)18-2/h3-5,9-11,17H,6-8H2,1-2H3. The molecule has 1 saturated carbocycles. The van der Waals surface area contributed by atoms with E-state index in [9.17, 15) is 8.78 Å². The fourth-order valence-electron chi connectivity index (χ4n) is 2.67. The quantitative estimate of drug-likeness (QED) is 0.891. The van der Waals surface area contributed by atoms with Gasteiger partial charge in [-0.05, 0) is 44.6 Å². The molecule has 18 heavy (non-hydrogen) atoms. The molecule has 0 aliphatic heterocycles. The Bertz CT molecular complexity index is 391. The van der Waals surface area contributed by atoms with Gasteiger partial charge in [-0.1, -0.05) is 6.07 Å². The summed E-state index contributed by atoms with van der Waals surface area (Å²) in [5.41, 5.74) is 0.158. The van der Waals surface area contributed by atoms with Crippen molar-refractivity contribution in [2.75, 3.05) is 6.26 Å². The van der Waals surface area contributed by atoms with Crippen LogP contribution in [0.15, 0.2) is 18.2 Å². The van der Waals surface area contributed by atoms with E-state index in [0.29, 0.717) is 11.3 Å². The van der Waals surface area contributed by atoms with Gasteiger partial charge in [0, 0.05) is 22.9 Å². The van der Waals surface area contributed by atoms with Crippen LogP contribution in [0.4, 0.5) is 8.78 Å². The molecule has 1 aliphatic rings. The number of thioether (sulfide) groups is 1. The van der Waals surface area contributed by atoms with Crippen molar-refractivity contribution in [3.63, 3.8) is 0 Å². The summed E-state index contributed by atoms with van der Waals surface area (Å²) in [5.74, 6) is -0.927. The van der Waals surface area contributed by atoms with Gasteiger partial charge in [-0.25, -0.2) is 8.78 Å². The van der Waals surface area contributed by atoms with Crippen LogP contribution >= 0.6 is 11.8 Å². The molecule has 2 rings (SSSR count). The van der Waals surface area contributed by atoms with Crippen LogP contribution in [0, 0.1) is 11.6 Å². The van der Waals surface area contributed by atoms with Crippen molar-refractivity contribution in [3.05, 3.63) is 35.4 Å². The molecule has 0 saturated heterocycles. The van der Waals surface area contributed by atoms with Crippen molar-refractivity contribution in [3.8, 4) is 0 Å². The van der Waals surface area contributed by atoms with Crippen molar-refractivity contribution >= 4 is 11.8 Å². The van der Waals surface area contributed by atoms with Crippen molar-refractivity contribution in [2.45, 2.75) is 43.5 Å². The highest BCUT2D eigenvalue weighted by Gasteiger charge is 2.26. The first-order valence-corrected chi connectivity index (χ1v) is 7.63. The normalized spacial score (nSPS) is 25.3. The smallest absolute Gasteiger partial charge is 0.130 e. The van der Waals surface area contributed by atoms with Crippen LogP contribution in [-0.4, -0.2) is 17.5 Å². The fourth-order valence-corrected chi connectivity index (χ4v) is 3.46. The minimum absolute atomic E-state index is 0.158. The second-order valence-electron chi connectivity index (χ2n) is 4.89. The Morgan fingerprint density at radius 2 is 1.94 bits per heavy atom. The predicted octanol–water partition coefficient (Wildman–Crippen LogP) is 3.90. The Hall–Kier alpha value is -0.610. The van der Waals surface area contributed by atoms with Crippen molar-refractivity contribution in [1.29, 1.82) is 0 Å². The van der Waals surface area contributed by atoms with E-state index in [1.165, 1.54) is 24.6 Å². The SMILES string of the molecule is CSC1CCC(NC(C)c2c(F)cccc2F)C1. The molecule has 0 radical (unpaired) electrons. The molecule has 1 fully saturated rings. The molecule has 0 spiro atoms. The monoisotopic (exact) mass is 271 g/mol. The van der Waals surface area contributed by atoms with E-state index in [4.69, 9.17) is 0 Å². The summed E-state index contributed by atoms with van der Waals surface area (Å²) < 4.78 is 27.3. The van der Waals surface area contributed by atoms with Crippen LogP contribution in [0.1, 0.15) is 37.8 Å². The highest BCUT2D eigenvalue weighted by atomic mass is 32.2. The van der Waals surface area contributed by atoms with Gasteiger partial charge in [-0.2, -0.15) is 11.8 Å². The van der Waals surface area contributed by atoms with Crippen LogP contribution in [0.25, 0.3) is 0 Å². The molecule has 0 aromatic heterocycles. The van der Waals surface area contributed by atoms with Crippen molar-refractivity contribution in [1.82, 2.24) is 5.32 Å². The lowest BCUT2D eigenvalue weighted by atomic mass is 10.1. The van der Waals surface area contributed by atoms with E-state index in [1.807, 2.05) is 18.7 Å². The first-order valence-electron chi connectivity index (χ1n) is 6.34. The fraction of sp³-hybridized carbons (Fsp3) is 0.571. The summed E-state index contributed by atoms with van der Waals surface area (Å²) in [5, 5.41) is 4.03. The number of hydrogen-bond acceptors (Lipinski definition) is 2. The molecule has 1 nitrogen and oxygen atoms in total. The number of hydrogen-bond donors (Lipinski definition) is 1. The summed E-state index contributed by atoms with van der Waals surface area (Å²) in [6.45, 7) is 1.83. The van der Waals surface area contributed by atoms with Crippen molar-refractivity contribution in [2.24, 2.45) is 0 Å². The van der Waals surface area contributed by atoms with E-state index in [2.05, 4.69) is 11.6 Å². The Labute approximate surface area is 111 Å². The third-order valence-electron chi connectivity index (χ3n) is 3.64. The van der Waals surface area contributed by atoms with Crippen LogP contribution in [-0.2, 0) is 0 Å². The number of halogens is 2. The van der Waals surface area contributed by atoms with E-state index in [0.717, 1.165) is 12.8 Å². The average molecular weight is 271 g/mol. The zero-order chi connectivity index (χ0) is 13.1. The molecular formula is C14H19F2NS. The van der Waals surface area contributed by atoms with Crippen LogP contribution < -0.4 is 5.32 Å². The van der Waals surface area contributed by atoms with Gasteiger partial charge in [-0.3, -0.25) is 0 Å².